The Morgan fingerprint density at radius 3 is 2.67 bits per heavy atom. The molecule has 1 atom stereocenters. The first-order valence-electron chi connectivity index (χ1n) is 4.79. The molecule has 0 bridgehead atoms. The van der Waals surface area contributed by atoms with Crippen LogP contribution in [0.4, 0.5) is 0 Å². The lowest BCUT2D eigenvalue weighted by atomic mass is 10.2. The maximum absolute atomic E-state index is 11.6. The maximum atomic E-state index is 11.6. The summed E-state index contributed by atoms with van der Waals surface area (Å²) in [7, 11) is 0. The molecule has 15 heavy (non-hydrogen) atoms. The van der Waals surface area contributed by atoms with Crippen LogP contribution >= 0.6 is 0 Å². The van der Waals surface area contributed by atoms with Gasteiger partial charge in [-0.1, -0.05) is 10.5 Å². The Bertz CT molecular complexity index is 358. The van der Waals surface area contributed by atoms with Gasteiger partial charge in [-0.25, -0.2) is 0 Å². The van der Waals surface area contributed by atoms with Crippen LogP contribution in [0.5, 0.6) is 0 Å². The molecule has 0 saturated carbocycles. The summed E-state index contributed by atoms with van der Waals surface area (Å²) in [6, 6.07) is 3.82. The molecule has 0 fully saturated rings. The number of hydrogen-bond acceptors (Lipinski definition) is 3. The van der Waals surface area contributed by atoms with Crippen LogP contribution in [0.15, 0.2) is 22.7 Å². The van der Waals surface area contributed by atoms with Crippen LogP contribution in [-0.2, 0) is 11.4 Å². The van der Waals surface area contributed by atoms with E-state index in [0.29, 0.717) is 0 Å². The number of pyridine rings is 1. The van der Waals surface area contributed by atoms with Gasteiger partial charge >= 0.3 is 0 Å². The second kappa shape index (κ2) is 4.77. The number of nitrogens with zero attached hydrogens (tertiary/aromatic N) is 2. The molecule has 1 heterocycles. The predicted molar refractivity (Wildman–Crippen MR) is 64.5 cm³/mol. The van der Waals surface area contributed by atoms with Crippen LogP contribution in [0.25, 0.3) is 0 Å². The van der Waals surface area contributed by atoms with Crippen molar-refractivity contribution >= 4 is 17.6 Å². The van der Waals surface area contributed by atoms with Crippen LogP contribution in [0.3, 0.4) is 0 Å². The van der Waals surface area contributed by atoms with Gasteiger partial charge in [0.05, 0.1) is 5.69 Å². The van der Waals surface area contributed by atoms with E-state index in [-0.39, 0.29) is 4.75 Å². The third-order valence-electron chi connectivity index (χ3n) is 1.84. The van der Waals surface area contributed by atoms with Crippen molar-refractivity contribution in [1.29, 1.82) is 0 Å². The molecule has 0 aliphatic carbocycles. The largest absolute Gasteiger partial charge is 0.591 e. The molecule has 1 rings (SSSR count). The summed E-state index contributed by atoms with van der Waals surface area (Å²) in [4.78, 5) is 4.15. The van der Waals surface area contributed by atoms with Crippen LogP contribution in [-0.4, -0.2) is 20.5 Å². The highest BCUT2D eigenvalue weighted by atomic mass is 32.2. The van der Waals surface area contributed by atoms with E-state index in [1.165, 1.54) is 0 Å². The fourth-order valence-electron chi connectivity index (χ4n) is 0.889. The minimum absolute atomic E-state index is 0.320. The molecule has 0 spiro atoms. The molecule has 0 saturated heterocycles. The Morgan fingerprint density at radius 1 is 1.47 bits per heavy atom. The van der Waals surface area contributed by atoms with E-state index in [1.54, 1.807) is 12.4 Å². The zero-order valence-electron chi connectivity index (χ0n) is 9.52. The Labute approximate surface area is 94.0 Å². The highest BCUT2D eigenvalue weighted by Gasteiger charge is 2.25. The molecule has 0 aromatic carbocycles. The summed E-state index contributed by atoms with van der Waals surface area (Å²) < 4.78 is 15.3. The Hall–Kier alpha value is -0.870. The van der Waals surface area contributed by atoms with Crippen molar-refractivity contribution in [2.45, 2.75) is 32.4 Å². The highest BCUT2D eigenvalue weighted by molar-refractivity contribution is 7.91. The van der Waals surface area contributed by atoms with Gasteiger partial charge < -0.3 is 4.55 Å². The van der Waals surface area contributed by atoms with E-state index in [0.717, 1.165) is 11.3 Å². The minimum atomic E-state index is -1.22. The molecule has 0 aliphatic heterocycles. The number of hydrogen-bond donors (Lipinski definition) is 0. The van der Waals surface area contributed by atoms with E-state index < -0.39 is 11.4 Å². The summed E-state index contributed by atoms with van der Waals surface area (Å²) in [5.74, 6) is 0. The minimum Gasteiger partial charge on any atom is -0.591 e. The molecule has 0 aliphatic rings. The summed E-state index contributed by atoms with van der Waals surface area (Å²) in [6.07, 6.45) is 3.28. The third-order valence-corrected chi connectivity index (χ3v) is 3.19. The SMILES string of the molecule is Cc1cccnc1/C=N/[S+]([O-])C(C)(C)C. The fraction of sp³-hybridized carbons (Fsp3) is 0.455. The van der Waals surface area contributed by atoms with Gasteiger partial charge in [0.15, 0.2) is 0 Å². The van der Waals surface area contributed by atoms with Gasteiger partial charge in [-0.05, 0) is 39.3 Å². The third kappa shape index (κ3) is 3.64. The smallest absolute Gasteiger partial charge is 0.144 e. The van der Waals surface area contributed by atoms with Crippen LogP contribution in [0.1, 0.15) is 32.0 Å². The van der Waals surface area contributed by atoms with Crippen molar-refractivity contribution in [3.63, 3.8) is 0 Å². The first-order chi connectivity index (χ1) is 6.91. The Balaban J connectivity index is 2.79. The summed E-state index contributed by atoms with van der Waals surface area (Å²) in [5.41, 5.74) is 1.81. The first-order valence-corrected chi connectivity index (χ1v) is 5.89. The van der Waals surface area contributed by atoms with E-state index in [1.807, 2.05) is 39.8 Å². The average molecular weight is 224 g/mol. The lowest BCUT2D eigenvalue weighted by molar-refractivity contribution is 0.562. The monoisotopic (exact) mass is 224 g/mol. The number of aromatic nitrogens is 1. The van der Waals surface area contributed by atoms with Gasteiger partial charge in [-0.15, -0.1) is 0 Å². The lowest BCUT2D eigenvalue weighted by Crippen LogP contribution is -2.25. The molecule has 0 N–H and O–H groups in total. The molecule has 4 heteroatoms. The van der Waals surface area contributed by atoms with Crippen molar-refractivity contribution in [3.8, 4) is 0 Å². The van der Waals surface area contributed by atoms with Crippen molar-refractivity contribution in [1.82, 2.24) is 4.98 Å². The quantitative estimate of drug-likeness (QED) is 0.571. The zero-order valence-corrected chi connectivity index (χ0v) is 10.3. The normalized spacial score (nSPS) is 14.5. The van der Waals surface area contributed by atoms with Crippen molar-refractivity contribution in [2.75, 3.05) is 0 Å². The lowest BCUT2D eigenvalue weighted by Gasteiger charge is -2.17. The fourth-order valence-corrected chi connectivity index (χ4v) is 1.40. The second-order valence-corrected chi connectivity index (χ2v) is 6.24. The maximum Gasteiger partial charge on any atom is 0.144 e. The number of aryl methyl sites for hydroxylation is 1. The van der Waals surface area contributed by atoms with Crippen LogP contribution < -0.4 is 0 Å². The number of rotatable bonds is 2. The predicted octanol–water partition coefficient (Wildman–Crippen LogP) is 2.27. The molecule has 3 nitrogen and oxygen atoms in total. The Kier molecular flexibility index (Phi) is 3.88. The molecular weight excluding hydrogens is 208 g/mol. The van der Waals surface area contributed by atoms with Crippen molar-refractivity contribution < 1.29 is 4.55 Å². The van der Waals surface area contributed by atoms with Gasteiger partial charge in [-0.2, -0.15) is 0 Å². The van der Waals surface area contributed by atoms with E-state index in [2.05, 4.69) is 9.38 Å². The van der Waals surface area contributed by atoms with Gasteiger partial charge in [0, 0.05) is 6.20 Å². The van der Waals surface area contributed by atoms with E-state index >= 15 is 0 Å². The van der Waals surface area contributed by atoms with Gasteiger partial charge in [0.25, 0.3) is 0 Å². The van der Waals surface area contributed by atoms with E-state index in [4.69, 9.17) is 0 Å². The van der Waals surface area contributed by atoms with Gasteiger partial charge in [0.2, 0.25) is 0 Å². The summed E-state index contributed by atoms with van der Waals surface area (Å²) >= 11 is -1.22. The standard InChI is InChI=1S/C11H16N2OS/c1-9-6-5-7-12-10(9)8-13-15(14)11(2,3)4/h5-8H,1-4H3/b13-8+. The molecule has 1 aromatic rings. The van der Waals surface area contributed by atoms with Gasteiger partial charge in [-0.3, -0.25) is 4.98 Å². The first kappa shape index (κ1) is 12.2. The topological polar surface area (TPSA) is 48.3 Å². The molecule has 82 valence electrons. The molecule has 1 aromatic heterocycles. The highest BCUT2D eigenvalue weighted by Crippen LogP contribution is 2.16. The summed E-state index contributed by atoms with van der Waals surface area (Å²) in [5, 5.41) is 0. The van der Waals surface area contributed by atoms with Crippen LogP contribution in [0.2, 0.25) is 0 Å². The van der Waals surface area contributed by atoms with Crippen molar-refractivity contribution in [2.24, 2.45) is 4.40 Å². The summed E-state index contributed by atoms with van der Waals surface area (Å²) in [6.45, 7) is 7.64. The molecule has 0 radical (unpaired) electrons. The van der Waals surface area contributed by atoms with Gasteiger partial charge in [0.1, 0.15) is 22.3 Å². The molecular formula is C11H16N2OS. The zero-order chi connectivity index (χ0) is 11.5. The second-order valence-electron chi connectivity index (χ2n) is 4.30. The molecule has 1 unspecified atom stereocenters. The average Bonchev–Trinajstić information content (AvgIpc) is 2.14. The Morgan fingerprint density at radius 2 is 2.13 bits per heavy atom. The van der Waals surface area contributed by atoms with E-state index in [9.17, 15) is 4.55 Å². The van der Waals surface area contributed by atoms with Crippen molar-refractivity contribution in [3.05, 3.63) is 29.6 Å². The molecule has 0 amide bonds. The van der Waals surface area contributed by atoms with Crippen LogP contribution in [0, 0.1) is 6.92 Å².